The first-order chi connectivity index (χ1) is 9.99. The third-order valence-electron chi connectivity index (χ3n) is 2.65. The number of furan rings is 1. The minimum absolute atomic E-state index is 0.223. The lowest BCUT2D eigenvalue weighted by Crippen LogP contribution is -2.14. The lowest BCUT2D eigenvalue weighted by molar-refractivity contribution is -0.137. The van der Waals surface area contributed by atoms with Crippen molar-refractivity contribution in [3.63, 3.8) is 0 Å². The molecule has 1 unspecified atom stereocenters. The summed E-state index contributed by atoms with van der Waals surface area (Å²) >= 11 is 0. The Bertz CT molecular complexity index is 654. The van der Waals surface area contributed by atoms with E-state index in [1.807, 2.05) is 6.07 Å². The van der Waals surface area contributed by atoms with Crippen LogP contribution < -0.4 is 5.32 Å². The van der Waals surface area contributed by atoms with Crippen molar-refractivity contribution in [1.82, 2.24) is 0 Å². The fourth-order valence-corrected chi connectivity index (χ4v) is 1.67. The molecule has 0 bridgehead atoms. The van der Waals surface area contributed by atoms with Crippen LogP contribution in [0.1, 0.15) is 11.3 Å². The van der Waals surface area contributed by atoms with Gasteiger partial charge in [0.1, 0.15) is 11.8 Å². The first kappa shape index (κ1) is 14.7. The summed E-state index contributed by atoms with van der Waals surface area (Å²) in [5, 5.41) is 11.7. The van der Waals surface area contributed by atoms with E-state index < -0.39 is 17.8 Å². The molecule has 1 atom stereocenters. The summed E-state index contributed by atoms with van der Waals surface area (Å²) in [6, 6.07) is 9.29. The number of nitriles is 1. The highest BCUT2D eigenvalue weighted by Crippen LogP contribution is 2.30. The van der Waals surface area contributed by atoms with E-state index in [0.717, 1.165) is 12.1 Å². The van der Waals surface area contributed by atoms with Gasteiger partial charge in [0.2, 0.25) is 0 Å². The molecule has 2 rings (SSSR count). The molecule has 0 aliphatic heterocycles. The molecular formula is C15H11F3N2O. The number of hydrogen-bond donors (Lipinski definition) is 1. The second kappa shape index (κ2) is 6.18. The number of halogens is 3. The Kier molecular flexibility index (Phi) is 4.33. The summed E-state index contributed by atoms with van der Waals surface area (Å²) < 4.78 is 42.9. The van der Waals surface area contributed by atoms with Crippen LogP contribution in [0.5, 0.6) is 0 Å². The van der Waals surface area contributed by atoms with E-state index in [4.69, 9.17) is 9.68 Å². The SMILES string of the molecule is N#CC(C=Cc1ccco1)Nc1cccc(C(F)(F)F)c1. The van der Waals surface area contributed by atoms with Crippen LogP contribution in [-0.2, 0) is 6.18 Å². The normalized spacial score (nSPS) is 13.0. The highest BCUT2D eigenvalue weighted by molar-refractivity contribution is 5.52. The molecule has 1 N–H and O–H groups in total. The van der Waals surface area contributed by atoms with Crippen LogP contribution in [0.3, 0.4) is 0 Å². The Morgan fingerprint density at radius 1 is 1.24 bits per heavy atom. The van der Waals surface area contributed by atoms with Gasteiger partial charge in [0.15, 0.2) is 0 Å². The van der Waals surface area contributed by atoms with Gasteiger partial charge in [0.25, 0.3) is 0 Å². The summed E-state index contributed by atoms with van der Waals surface area (Å²) in [4.78, 5) is 0. The maximum absolute atomic E-state index is 12.6. The lowest BCUT2D eigenvalue weighted by atomic mass is 10.1. The molecule has 21 heavy (non-hydrogen) atoms. The molecule has 0 amide bonds. The van der Waals surface area contributed by atoms with E-state index in [9.17, 15) is 13.2 Å². The highest BCUT2D eigenvalue weighted by atomic mass is 19.4. The van der Waals surface area contributed by atoms with Gasteiger partial charge in [-0.05, 0) is 42.5 Å². The molecule has 1 aromatic heterocycles. The molecular weight excluding hydrogens is 281 g/mol. The third-order valence-corrected chi connectivity index (χ3v) is 2.65. The van der Waals surface area contributed by atoms with E-state index in [-0.39, 0.29) is 5.69 Å². The van der Waals surface area contributed by atoms with E-state index in [0.29, 0.717) is 5.76 Å². The van der Waals surface area contributed by atoms with Crippen LogP contribution in [0.15, 0.2) is 53.2 Å². The largest absolute Gasteiger partial charge is 0.465 e. The topological polar surface area (TPSA) is 49.0 Å². The maximum Gasteiger partial charge on any atom is 0.416 e. The lowest BCUT2D eigenvalue weighted by Gasteiger charge is -2.12. The average Bonchev–Trinajstić information content (AvgIpc) is 2.96. The Balaban J connectivity index is 2.10. The van der Waals surface area contributed by atoms with E-state index in [1.54, 1.807) is 18.2 Å². The van der Waals surface area contributed by atoms with Crippen LogP contribution in [0, 0.1) is 11.3 Å². The first-order valence-electron chi connectivity index (χ1n) is 6.04. The van der Waals surface area contributed by atoms with E-state index in [2.05, 4.69) is 5.32 Å². The molecule has 0 spiro atoms. The van der Waals surface area contributed by atoms with Gasteiger partial charge in [0, 0.05) is 5.69 Å². The number of anilines is 1. The minimum Gasteiger partial charge on any atom is -0.465 e. The highest BCUT2D eigenvalue weighted by Gasteiger charge is 2.30. The van der Waals surface area contributed by atoms with Gasteiger partial charge in [-0.15, -0.1) is 0 Å². The van der Waals surface area contributed by atoms with Crippen molar-refractivity contribution < 1.29 is 17.6 Å². The molecule has 0 radical (unpaired) electrons. The standard InChI is InChI=1S/C15H11F3N2O/c16-15(17,18)11-3-1-4-12(9-11)20-13(10-19)6-7-14-5-2-8-21-14/h1-9,13,20H. The fourth-order valence-electron chi connectivity index (χ4n) is 1.67. The molecule has 0 saturated heterocycles. The summed E-state index contributed by atoms with van der Waals surface area (Å²) in [5.74, 6) is 0.557. The van der Waals surface area contributed by atoms with Gasteiger partial charge in [0.05, 0.1) is 17.9 Å². The van der Waals surface area contributed by atoms with Crippen molar-refractivity contribution >= 4 is 11.8 Å². The Hall–Kier alpha value is -2.68. The number of nitrogens with one attached hydrogen (secondary N) is 1. The molecule has 108 valence electrons. The summed E-state index contributed by atoms with van der Waals surface area (Å²) in [5.41, 5.74) is -0.542. The Morgan fingerprint density at radius 2 is 2.05 bits per heavy atom. The molecule has 2 aromatic rings. The van der Waals surface area contributed by atoms with Gasteiger partial charge >= 0.3 is 6.18 Å². The Morgan fingerprint density at radius 3 is 2.67 bits per heavy atom. The van der Waals surface area contributed by atoms with E-state index in [1.165, 1.54) is 24.5 Å². The minimum atomic E-state index is -4.41. The number of nitrogens with zero attached hydrogens (tertiary/aromatic N) is 1. The zero-order chi connectivity index (χ0) is 15.3. The van der Waals surface area contributed by atoms with Crippen molar-refractivity contribution in [3.05, 3.63) is 60.1 Å². The van der Waals surface area contributed by atoms with Crippen molar-refractivity contribution in [2.24, 2.45) is 0 Å². The average molecular weight is 292 g/mol. The summed E-state index contributed by atoms with van der Waals surface area (Å²) in [6.45, 7) is 0. The van der Waals surface area contributed by atoms with Crippen molar-refractivity contribution in [3.8, 4) is 6.07 Å². The van der Waals surface area contributed by atoms with Crippen molar-refractivity contribution in [2.75, 3.05) is 5.32 Å². The zero-order valence-electron chi connectivity index (χ0n) is 10.8. The zero-order valence-corrected chi connectivity index (χ0v) is 10.8. The predicted molar refractivity (Wildman–Crippen MR) is 72.2 cm³/mol. The van der Waals surface area contributed by atoms with E-state index >= 15 is 0 Å². The number of alkyl halides is 3. The monoisotopic (exact) mass is 292 g/mol. The maximum atomic E-state index is 12.6. The van der Waals surface area contributed by atoms with Crippen LogP contribution in [-0.4, -0.2) is 6.04 Å². The smallest absolute Gasteiger partial charge is 0.416 e. The number of benzene rings is 1. The second-order valence-electron chi connectivity index (χ2n) is 4.20. The Labute approximate surface area is 119 Å². The van der Waals surface area contributed by atoms with Gasteiger partial charge in [-0.2, -0.15) is 18.4 Å². The van der Waals surface area contributed by atoms with Crippen molar-refractivity contribution in [2.45, 2.75) is 12.2 Å². The van der Waals surface area contributed by atoms with Gasteiger partial charge in [-0.25, -0.2) is 0 Å². The van der Waals surface area contributed by atoms with Gasteiger partial charge < -0.3 is 9.73 Å². The fraction of sp³-hybridized carbons (Fsp3) is 0.133. The van der Waals surface area contributed by atoms with Gasteiger partial charge in [-0.1, -0.05) is 6.07 Å². The predicted octanol–water partition coefficient (Wildman–Crippen LogP) is 4.32. The van der Waals surface area contributed by atoms with Crippen molar-refractivity contribution in [1.29, 1.82) is 5.26 Å². The number of hydrogen-bond acceptors (Lipinski definition) is 3. The van der Waals surface area contributed by atoms with Crippen LogP contribution in [0.2, 0.25) is 0 Å². The summed E-state index contributed by atoms with van der Waals surface area (Å²) in [6.07, 6.45) is 0.165. The summed E-state index contributed by atoms with van der Waals surface area (Å²) in [7, 11) is 0. The second-order valence-corrected chi connectivity index (χ2v) is 4.20. The quantitative estimate of drug-likeness (QED) is 0.913. The third kappa shape index (κ3) is 4.14. The molecule has 0 aliphatic carbocycles. The molecule has 0 saturated carbocycles. The van der Waals surface area contributed by atoms with Crippen LogP contribution in [0.4, 0.5) is 18.9 Å². The number of rotatable bonds is 4. The molecule has 0 aliphatic rings. The van der Waals surface area contributed by atoms with Crippen LogP contribution >= 0.6 is 0 Å². The molecule has 0 fully saturated rings. The first-order valence-corrected chi connectivity index (χ1v) is 6.04. The van der Waals surface area contributed by atoms with Gasteiger partial charge in [-0.3, -0.25) is 0 Å². The van der Waals surface area contributed by atoms with Crippen LogP contribution in [0.25, 0.3) is 6.08 Å². The molecule has 6 heteroatoms. The molecule has 1 aromatic carbocycles. The molecule has 3 nitrogen and oxygen atoms in total. The molecule has 1 heterocycles.